The van der Waals surface area contributed by atoms with E-state index in [1.54, 1.807) is 19.1 Å². The maximum Gasteiger partial charge on any atom is 0.258 e. The first-order valence-electron chi connectivity index (χ1n) is 3.81. The van der Waals surface area contributed by atoms with Crippen LogP contribution in [-0.4, -0.2) is 12.0 Å². The van der Waals surface area contributed by atoms with Crippen LogP contribution in [0.3, 0.4) is 0 Å². The number of primary amides is 1. The molecule has 1 aromatic carbocycles. The molecule has 3 nitrogen and oxygen atoms in total. The lowest BCUT2D eigenvalue weighted by Gasteiger charge is -2.10. The Hall–Kier alpha value is -1.03. The van der Waals surface area contributed by atoms with Crippen LogP contribution < -0.4 is 10.5 Å². The van der Waals surface area contributed by atoms with Gasteiger partial charge >= 0.3 is 0 Å². The van der Waals surface area contributed by atoms with Gasteiger partial charge in [0.25, 0.3) is 5.91 Å². The average Bonchev–Trinajstić information content (AvgIpc) is 2.04. The van der Waals surface area contributed by atoms with Crippen LogP contribution in [0.2, 0.25) is 0 Å². The summed E-state index contributed by atoms with van der Waals surface area (Å²) in [6.07, 6.45) is -0.603. The summed E-state index contributed by atoms with van der Waals surface area (Å²) in [6, 6.07) is 7.25. The first-order chi connectivity index (χ1) is 6.09. The van der Waals surface area contributed by atoms with E-state index in [0.717, 1.165) is 4.47 Å². The summed E-state index contributed by atoms with van der Waals surface area (Å²) < 4.78 is 6.16. The van der Waals surface area contributed by atoms with Crippen LogP contribution >= 0.6 is 15.9 Å². The summed E-state index contributed by atoms with van der Waals surface area (Å²) in [6.45, 7) is 1.61. The highest BCUT2D eigenvalue weighted by Crippen LogP contribution is 2.18. The Morgan fingerprint density at radius 2 is 2.31 bits per heavy atom. The number of amides is 1. The highest BCUT2D eigenvalue weighted by atomic mass is 79.9. The molecule has 1 atom stereocenters. The lowest BCUT2D eigenvalue weighted by molar-refractivity contribution is -0.123. The largest absolute Gasteiger partial charge is 0.481 e. The van der Waals surface area contributed by atoms with Crippen molar-refractivity contribution in [2.24, 2.45) is 5.73 Å². The van der Waals surface area contributed by atoms with Gasteiger partial charge in [0.05, 0.1) is 0 Å². The molecular weight excluding hydrogens is 234 g/mol. The van der Waals surface area contributed by atoms with Crippen molar-refractivity contribution in [2.75, 3.05) is 0 Å². The fourth-order valence-electron chi connectivity index (χ4n) is 0.803. The first-order valence-corrected chi connectivity index (χ1v) is 4.60. The van der Waals surface area contributed by atoms with E-state index in [2.05, 4.69) is 15.9 Å². The molecule has 13 heavy (non-hydrogen) atoms. The second kappa shape index (κ2) is 4.28. The molecule has 2 N–H and O–H groups in total. The Balaban J connectivity index is 2.69. The van der Waals surface area contributed by atoms with Gasteiger partial charge in [-0.25, -0.2) is 0 Å². The van der Waals surface area contributed by atoms with Gasteiger partial charge in [0.2, 0.25) is 0 Å². The van der Waals surface area contributed by atoms with E-state index in [9.17, 15) is 4.79 Å². The number of ether oxygens (including phenoxy) is 1. The molecule has 0 bridgehead atoms. The molecule has 0 spiro atoms. The molecule has 0 aliphatic carbocycles. The van der Waals surface area contributed by atoms with Crippen LogP contribution in [0, 0.1) is 0 Å². The molecule has 1 unspecified atom stereocenters. The quantitative estimate of drug-likeness (QED) is 0.879. The molecule has 1 rings (SSSR count). The van der Waals surface area contributed by atoms with E-state index in [4.69, 9.17) is 10.5 Å². The average molecular weight is 244 g/mol. The number of rotatable bonds is 3. The molecule has 0 aliphatic heterocycles. The third kappa shape index (κ3) is 3.06. The van der Waals surface area contributed by atoms with Crippen molar-refractivity contribution in [1.82, 2.24) is 0 Å². The third-order valence-electron chi connectivity index (χ3n) is 1.51. The van der Waals surface area contributed by atoms with Crippen molar-refractivity contribution in [3.05, 3.63) is 28.7 Å². The van der Waals surface area contributed by atoms with E-state index in [1.807, 2.05) is 12.1 Å². The van der Waals surface area contributed by atoms with Crippen molar-refractivity contribution < 1.29 is 9.53 Å². The Kier molecular flexibility index (Phi) is 3.31. The number of nitrogens with two attached hydrogens (primary N) is 1. The van der Waals surface area contributed by atoms with Crippen LogP contribution in [0.15, 0.2) is 28.7 Å². The second-order valence-corrected chi connectivity index (χ2v) is 3.54. The molecule has 1 aromatic rings. The van der Waals surface area contributed by atoms with Gasteiger partial charge in [-0.05, 0) is 25.1 Å². The topological polar surface area (TPSA) is 52.3 Å². The Labute approximate surface area is 85.0 Å². The zero-order valence-electron chi connectivity index (χ0n) is 7.16. The molecule has 0 saturated carbocycles. The lowest BCUT2D eigenvalue weighted by atomic mass is 10.3. The first kappa shape index (κ1) is 10.1. The predicted molar refractivity (Wildman–Crippen MR) is 53.4 cm³/mol. The fourth-order valence-corrected chi connectivity index (χ4v) is 1.18. The molecule has 0 aromatic heterocycles. The van der Waals surface area contributed by atoms with Gasteiger partial charge < -0.3 is 10.5 Å². The van der Waals surface area contributed by atoms with Crippen molar-refractivity contribution in [1.29, 1.82) is 0 Å². The van der Waals surface area contributed by atoms with Crippen LogP contribution in [-0.2, 0) is 4.79 Å². The van der Waals surface area contributed by atoms with Crippen LogP contribution in [0.1, 0.15) is 6.92 Å². The van der Waals surface area contributed by atoms with Gasteiger partial charge in [0.1, 0.15) is 5.75 Å². The van der Waals surface area contributed by atoms with Gasteiger partial charge in [-0.1, -0.05) is 22.0 Å². The smallest absolute Gasteiger partial charge is 0.258 e. The standard InChI is InChI=1S/C9H10BrNO2/c1-6(9(11)12)13-8-4-2-3-7(10)5-8/h2-6H,1H3,(H2,11,12). The molecule has 0 radical (unpaired) electrons. The van der Waals surface area contributed by atoms with Crippen LogP contribution in [0.25, 0.3) is 0 Å². The van der Waals surface area contributed by atoms with Gasteiger partial charge in [-0.2, -0.15) is 0 Å². The maximum absolute atomic E-state index is 10.7. The summed E-state index contributed by atoms with van der Waals surface area (Å²) in [5, 5.41) is 0. The number of carbonyl (C=O) groups is 1. The highest BCUT2D eigenvalue weighted by Gasteiger charge is 2.09. The molecule has 70 valence electrons. The molecular formula is C9H10BrNO2. The van der Waals surface area contributed by atoms with Gasteiger partial charge in [-0.3, -0.25) is 4.79 Å². The van der Waals surface area contributed by atoms with E-state index >= 15 is 0 Å². The fraction of sp³-hybridized carbons (Fsp3) is 0.222. The van der Waals surface area contributed by atoms with Gasteiger partial charge in [0.15, 0.2) is 6.10 Å². The Morgan fingerprint density at radius 3 is 2.85 bits per heavy atom. The van der Waals surface area contributed by atoms with Crippen molar-refractivity contribution >= 4 is 21.8 Å². The molecule has 4 heteroatoms. The normalized spacial score (nSPS) is 12.2. The Bertz CT molecular complexity index is 314. The molecule has 0 fully saturated rings. The number of benzene rings is 1. The summed E-state index contributed by atoms with van der Waals surface area (Å²) in [4.78, 5) is 10.7. The van der Waals surface area contributed by atoms with Gasteiger partial charge in [-0.15, -0.1) is 0 Å². The molecule has 1 amide bonds. The van der Waals surface area contributed by atoms with Crippen molar-refractivity contribution in [2.45, 2.75) is 13.0 Å². The number of halogens is 1. The highest BCUT2D eigenvalue weighted by molar-refractivity contribution is 9.10. The molecule has 0 saturated heterocycles. The van der Waals surface area contributed by atoms with E-state index < -0.39 is 12.0 Å². The van der Waals surface area contributed by atoms with E-state index in [-0.39, 0.29) is 0 Å². The van der Waals surface area contributed by atoms with Gasteiger partial charge in [0, 0.05) is 4.47 Å². The minimum Gasteiger partial charge on any atom is -0.481 e. The minimum atomic E-state index is -0.603. The number of hydrogen-bond donors (Lipinski definition) is 1. The minimum absolute atomic E-state index is 0.472. The predicted octanol–water partition coefficient (Wildman–Crippen LogP) is 1.70. The van der Waals surface area contributed by atoms with Crippen LogP contribution in [0.4, 0.5) is 0 Å². The zero-order chi connectivity index (χ0) is 9.84. The zero-order valence-corrected chi connectivity index (χ0v) is 8.74. The van der Waals surface area contributed by atoms with Crippen molar-refractivity contribution in [3.8, 4) is 5.75 Å². The van der Waals surface area contributed by atoms with E-state index in [0.29, 0.717) is 5.75 Å². The SMILES string of the molecule is CC(Oc1cccc(Br)c1)C(N)=O. The number of hydrogen-bond acceptors (Lipinski definition) is 2. The van der Waals surface area contributed by atoms with Crippen molar-refractivity contribution in [3.63, 3.8) is 0 Å². The maximum atomic E-state index is 10.7. The monoisotopic (exact) mass is 243 g/mol. The summed E-state index contributed by atoms with van der Waals surface area (Å²) >= 11 is 3.29. The second-order valence-electron chi connectivity index (χ2n) is 2.62. The summed E-state index contributed by atoms with van der Waals surface area (Å²) in [7, 11) is 0. The molecule has 0 heterocycles. The summed E-state index contributed by atoms with van der Waals surface area (Å²) in [5.74, 6) is 0.153. The summed E-state index contributed by atoms with van der Waals surface area (Å²) in [5.41, 5.74) is 5.05. The lowest BCUT2D eigenvalue weighted by Crippen LogP contribution is -2.30. The number of carbonyl (C=O) groups excluding carboxylic acids is 1. The third-order valence-corrected chi connectivity index (χ3v) is 2.00. The molecule has 0 aliphatic rings. The van der Waals surface area contributed by atoms with Crippen LogP contribution in [0.5, 0.6) is 5.75 Å². The van der Waals surface area contributed by atoms with E-state index in [1.165, 1.54) is 0 Å². The Morgan fingerprint density at radius 1 is 1.62 bits per heavy atom.